The summed E-state index contributed by atoms with van der Waals surface area (Å²) < 4.78 is 6.91. The molecule has 27 heavy (non-hydrogen) atoms. The van der Waals surface area contributed by atoms with Gasteiger partial charge in [0.2, 0.25) is 0 Å². The predicted octanol–water partition coefficient (Wildman–Crippen LogP) is 3.36. The number of nitrogens with one attached hydrogen (secondary N) is 2. The lowest BCUT2D eigenvalue weighted by Crippen LogP contribution is -2.29. The highest BCUT2D eigenvalue weighted by Crippen LogP contribution is 2.43. The molecule has 3 atom stereocenters. The standard InChI is InChI=1S/C17H22N6O2.C2H6.2H2/c1-10(2)12-5-11(20-8-25-9-24)6-13(12)17-22-21-15-7-19-16-14(23(15)17)3-4-18-16;1-2;;/h3-4,7,9-13,18,20H,5-6,8H2,1-2H3;1-2H3;2*1H/t11-,12-,13+;;;/m0.../s1. The van der Waals surface area contributed by atoms with Crippen LogP contribution in [-0.2, 0) is 9.53 Å². The number of hydrogen-bond donors (Lipinski definition) is 2. The summed E-state index contributed by atoms with van der Waals surface area (Å²) >= 11 is 0. The second-order valence-electron chi connectivity index (χ2n) is 7.02. The van der Waals surface area contributed by atoms with E-state index in [1.54, 1.807) is 6.20 Å². The molecule has 1 fully saturated rings. The number of aromatic amines is 1. The fourth-order valence-corrected chi connectivity index (χ4v) is 4.11. The molecule has 1 aliphatic rings. The average Bonchev–Trinajstić information content (AvgIpc) is 3.40. The number of fused-ring (bicyclic) bond motifs is 3. The van der Waals surface area contributed by atoms with Gasteiger partial charge in [-0.15, -0.1) is 10.2 Å². The third kappa shape index (κ3) is 3.66. The van der Waals surface area contributed by atoms with Crippen molar-refractivity contribution in [1.82, 2.24) is 29.9 Å². The zero-order chi connectivity index (χ0) is 19.4. The van der Waals surface area contributed by atoms with Gasteiger partial charge in [0.15, 0.2) is 11.3 Å². The largest absolute Gasteiger partial charge is 0.452 e. The van der Waals surface area contributed by atoms with E-state index in [0.717, 1.165) is 35.5 Å². The van der Waals surface area contributed by atoms with Crippen molar-refractivity contribution < 1.29 is 12.4 Å². The smallest absolute Gasteiger partial charge is 0.294 e. The highest BCUT2D eigenvalue weighted by Gasteiger charge is 2.39. The van der Waals surface area contributed by atoms with E-state index < -0.39 is 0 Å². The van der Waals surface area contributed by atoms with Crippen LogP contribution in [0.2, 0.25) is 0 Å². The van der Waals surface area contributed by atoms with Gasteiger partial charge in [-0.3, -0.25) is 14.5 Å². The summed E-state index contributed by atoms with van der Waals surface area (Å²) in [6, 6.07) is 2.31. The third-order valence-electron chi connectivity index (χ3n) is 5.29. The van der Waals surface area contributed by atoms with Crippen molar-refractivity contribution in [3.05, 3.63) is 24.3 Å². The van der Waals surface area contributed by atoms with Crippen LogP contribution in [0.4, 0.5) is 0 Å². The van der Waals surface area contributed by atoms with Crippen LogP contribution in [0.1, 0.15) is 55.1 Å². The molecule has 3 aromatic rings. The van der Waals surface area contributed by atoms with Crippen LogP contribution in [-0.4, -0.2) is 43.8 Å². The number of H-pyrrole nitrogens is 1. The normalized spacial score (nSPS) is 22.2. The molecule has 0 radical (unpaired) electrons. The van der Waals surface area contributed by atoms with E-state index in [4.69, 9.17) is 4.74 Å². The summed E-state index contributed by atoms with van der Waals surface area (Å²) in [4.78, 5) is 17.9. The number of carbonyl (C=O) groups excluding carboxylic acids is 1. The van der Waals surface area contributed by atoms with E-state index in [9.17, 15) is 4.79 Å². The molecule has 0 spiro atoms. The summed E-state index contributed by atoms with van der Waals surface area (Å²) in [5.41, 5.74) is 2.60. The molecule has 8 heteroatoms. The van der Waals surface area contributed by atoms with E-state index in [1.165, 1.54) is 0 Å². The third-order valence-corrected chi connectivity index (χ3v) is 5.29. The van der Waals surface area contributed by atoms with Gasteiger partial charge in [-0.1, -0.05) is 27.7 Å². The Bertz CT molecular complexity index is 897. The zero-order valence-corrected chi connectivity index (χ0v) is 16.3. The molecule has 3 heterocycles. The van der Waals surface area contributed by atoms with Gasteiger partial charge < -0.3 is 9.72 Å². The molecule has 0 unspecified atom stereocenters. The first-order valence-electron chi connectivity index (χ1n) is 9.64. The minimum absolute atomic E-state index is 0. The fourth-order valence-electron chi connectivity index (χ4n) is 4.11. The number of rotatable bonds is 6. The summed E-state index contributed by atoms with van der Waals surface area (Å²) in [6.45, 7) is 9.22. The first-order chi connectivity index (χ1) is 13.2. The van der Waals surface area contributed by atoms with E-state index >= 15 is 0 Å². The minimum Gasteiger partial charge on any atom is -0.452 e. The Morgan fingerprint density at radius 1 is 1.41 bits per heavy atom. The van der Waals surface area contributed by atoms with Crippen LogP contribution in [0.25, 0.3) is 16.8 Å². The molecule has 150 valence electrons. The van der Waals surface area contributed by atoms with E-state index in [2.05, 4.69) is 43.7 Å². The van der Waals surface area contributed by atoms with Crippen LogP contribution in [0, 0.1) is 11.8 Å². The lowest BCUT2D eigenvalue weighted by atomic mass is 9.85. The quantitative estimate of drug-likeness (QED) is 0.389. The molecule has 2 N–H and O–H groups in total. The monoisotopic (exact) mass is 376 g/mol. The SMILES string of the molecule is CC.CC(C)[C@@H]1C[C@H](NCOC=O)C[C@H]1c1nnc2cnc3[nH]ccc3n12.[HH].[HH]. The summed E-state index contributed by atoms with van der Waals surface area (Å²) in [7, 11) is 0. The number of nitrogens with zero attached hydrogens (tertiary/aromatic N) is 4. The Hall–Kier alpha value is -2.48. The van der Waals surface area contributed by atoms with E-state index in [0.29, 0.717) is 30.3 Å². The summed E-state index contributed by atoms with van der Waals surface area (Å²) in [5.74, 6) is 2.30. The van der Waals surface area contributed by atoms with Gasteiger partial charge in [0.05, 0.1) is 11.7 Å². The minimum atomic E-state index is 0. The molecular weight excluding hydrogens is 344 g/mol. The van der Waals surface area contributed by atoms with Gasteiger partial charge in [-0.2, -0.15) is 0 Å². The van der Waals surface area contributed by atoms with Gasteiger partial charge in [0, 0.05) is 21.0 Å². The van der Waals surface area contributed by atoms with Gasteiger partial charge in [-0.25, -0.2) is 4.98 Å². The average molecular weight is 377 g/mol. The topological polar surface area (TPSA) is 97.2 Å². The maximum absolute atomic E-state index is 10.4. The maximum Gasteiger partial charge on any atom is 0.294 e. The molecule has 0 aliphatic heterocycles. The molecule has 1 aliphatic carbocycles. The van der Waals surface area contributed by atoms with Crippen molar-refractivity contribution >= 4 is 23.3 Å². The second kappa shape index (κ2) is 8.47. The van der Waals surface area contributed by atoms with Gasteiger partial charge in [0.25, 0.3) is 6.47 Å². The first kappa shape index (κ1) is 19.3. The molecule has 4 rings (SSSR count). The van der Waals surface area contributed by atoms with Crippen LogP contribution in [0.3, 0.4) is 0 Å². The van der Waals surface area contributed by atoms with Crippen molar-refractivity contribution in [3.8, 4) is 0 Å². The zero-order valence-electron chi connectivity index (χ0n) is 16.3. The number of aromatic nitrogens is 5. The highest BCUT2D eigenvalue weighted by molar-refractivity contribution is 5.74. The Labute approximate surface area is 161 Å². The highest BCUT2D eigenvalue weighted by atomic mass is 16.5. The molecule has 1 saturated carbocycles. The lowest BCUT2D eigenvalue weighted by molar-refractivity contribution is -0.129. The Balaban J connectivity index is 0.00000102. The van der Waals surface area contributed by atoms with E-state index in [1.807, 2.05) is 26.1 Å². The van der Waals surface area contributed by atoms with Crippen LogP contribution < -0.4 is 5.32 Å². The Morgan fingerprint density at radius 2 is 2.22 bits per heavy atom. The maximum atomic E-state index is 10.4. The summed E-state index contributed by atoms with van der Waals surface area (Å²) in [6.07, 6.45) is 5.61. The molecule has 0 bridgehead atoms. The van der Waals surface area contributed by atoms with Crippen molar-refractivity contribution in [3.63, 3.8) is 0 Å². The Morgan fingerprint density at radius 3 is 2.96 bits per heavy atom. The first-order valence-corrected chi connectivity index (χ1v) is 9.64. The lowest BCUT2D eigenvalue weighted by Gasteiger charge is -2.21. The Kier molecular flexibility index (Phi) is 6.05. The van der Waals surface area contributed by atoms with Crippen molar-refractivity contribution in [2.75, 3.05) is 6.73 Å². The number of carbonyl (C=O) groups is 1. The molecule has 0 aromatic carbocycles. The van der Waals surface area contributed by atoms with Gasteiger partial charge in [0.1, 0.15) is 12.6 Å². The fraction of sp³-hybridized carbons (Fsp3) is 0.579. The number of hydrogen-bond acceptors (Lipinski definition) is 6. The molecule has 8 nitrogen and oxygen atoms in total. The molecule has 0 saturated heterocycles. The van der Waals surface area contributed by atoms with Crippen molar-refractivity contribution in [2.45, 2.75) is 52.5 Å². The van der Waals surface area contributed by atoms with Gasteiger partial charge in [-0.05, 0) is 30.7 Å². The van der Waals surface area contributed by atoms with Crippen LogP contribution in [0.15, 0.2) is 18.5 Å². The van der Waals surface area contributed by atoms with Gasteiger partial charge >= 0.3 is 0 Å². The van der Waals surface area contributed by atoms with Crippen LogP contribution >= 0.6 is 0 Å². The second-order valence-corrected chi connectivity index (χ2v) is 7.02. The summed E-state index contributed by atoms with van der Waals surface area (Å²) in [5, 5.41) is 12.2. The molecule has 3 aromatic heterocycles. The number of ether oxygens (including phenoxy) is 1. The molecule has 0 amide bonds. The van der Waals surface area contributed by atoms with Crippen molar-refractivity contribution in [2.24, 2.45) is 11.8 Å². The predicted molar refractivity (Wildman–Crippen MR) is 107 cm³/mol. The molecular formula is C19H32N6O2. The van der Waals surface area contributed by atoms with E-state index in [-0.39, 0.29) is 9.58 Å². The van der Waals surface area contributed by atoms with Crippen molar-refractivity contribution in [1.29, 1.82) is 0 Å². The van der Waals surface area contributed by atoms with Crippen LogP contribution in [0.5, 0.6) is 0 Å².